The summed E-state index contributed by atoms with van der Waals surface area (Å²) in [5.41, 5.74) is 1.27. The molecule has 0 aromatic heterocycles. The number of methoxy groups -OCH3 is 1. The highest BCUT2D eigenvalue weighted by atomic mass is 35.5. The molecule has 1 aliphatic heterocycles. The van der Waals surface area contributed by atoms with Crippen molar-refractivity contribution < 1.29 is 14.3 Å². The van der Waals surface area contributed by atoms with Crippen LogP contribution in [0.4, 0.5) is 11.4 Å². The first kappa shape index (κ1) is 14.8. The number of nitrogens with one attached hydrogen (secondary N) is 1. The number of halogens is 1. The molecule has 1 aromatic carbocycles. The zero-order valence-corrected chi connectivity index (χ0v) is 12.2. The Hall–Kier alpha value is -1.59. The molecule has 1 saturated heterocycles. The summed E-state index contributed by atoms with van der Waals surface area (Å²) >= 11 is 6.20. The van der Waals surface area contributed by atoms with E-state index in [0.717, 1.165) is 6.42 Å². The first-order valence-corrected chi connectivity index (χ1v) is 6.84. The number of carbonyl (C=O) groups is 2. The van der Waals surface area contributed by atoms with Crippen molar-refractivity contribution in [3.05, 3.63) is 23.2 Å². The van der Waals surface area contributed by atoms with Crippen LogP contribution in [0.2, 0.25) is 5.02 Å². The molecule has 0 spiro atoms. The van der Waals surface area contributed by atoms with Gasteiger partial charge in [0.1, 0.15) is 6.10 Å². The first-order chi connectivity index (χ1) is 9.52. The second-order valence-electron chi connectivity index (χ2n) is 4.68. The second-order valence-corrected chi connectivity index (χ2v) is 5.09. The number of benzene rings is 1. The van der Waals surface area contributed by atoms with Gasteiger partial charge in [0.15, 0.2) is 0 Å². The molecule has 1 aromatic rings. The molecule has 1 heterocycles. The SMILES string of the molecule is COC(C)C(=O)Nc1ccc(N2CCCC2=O)c(Cl)c1. The van der Waals surface area contributed by atoms with Crippen LogP contribution in [0.5, 0.6) is 0 Å². The number of carbonyl (C=O) groups excluding carboxylic acids is 2. The molecule has 108 valence electrons. The van der Waals surface area contributed by atoms with Crippen LogP contribution in [0.15, 0.2) is 18.2 Å². The van der Waals surface area contributed by atoms with Crippen molar-refractivity contribution in [3.8, 4) is 0 Å². The van der Waals surface area contributed by atoms with Crippen LogP contribution in [0.3, 0.4) is 0 Å². The van der Waals surface area contributed by atoms with Gasteiger partial charge in [0.05, 0.1) is 10.7 Å². The Kier molecular flexibility index (Phi) is 4.62. The number of anilines is 2. The van der Waals surface area contributed by atoms with Crippen LogP contribution in [-0.2, 0) is 14.3 Å². The van der Waals surface area contributed by atoms with Crippen molar-refractivity contribution in [3.63, 3.8) is 0 Å². The summed E-state index contributed by atoms with van der Waals surface area (Å²) in [5, 5.41) is 3.16. The zero-order chi connectivity index (χ0) is 14.7. The fraction of sp³-hybridized carbons (Fsp3) is 0.429. The molecule has 6 heteroatoms. The lowest BCUT2D eigenvalue weighted by Gasteiger charge is -2.18. The highest BCUT2D eigenvalue weighted by Gasteiger charge is 2.23. The maximum Gasteiger partial charge on any atom is 0.253 e. The van der Waals surface area contributed by atoms with E-state index in [9.17, 15) is 9.59 Å². The zero-order valence-electron chi connectivity index (χ0n) is 11.5. The van der Waals surface area contributed by atoms with Crippen molar-refractivity contribution in [1.29, 1.82) is 0 Å². The van der Waals surface area contributed by atoms with Gasteiger partial charge in [-0.05, 0) is 31.5 Å². The lowest BCUT2D eigenvalue weighted by Crippen LogP contribution is -2.27. The smallest absolute Gasteiger partial charge is 0.253 e. The normalized spacial score (nSPS) is 16.4. The van der Waals surface area contributed by atoms with Gasteiger partial charge in [0.2, 0.25) is 5.91 Å². The van der Waals surface area contributed by atoms with Gasteiger partial charge in [-0.3, -0.25) is 9.59 Å². The summed E-state index contributed by atoms with van der Waals surface area (Å²) in [6.45, 7) is 2.35. The van der Waals surface area contributed by atoms with Crippen LogP contribution in [-0.4, -0.2) is 31.6 Å². The third-order valence-electron chi connectivity index (χ3n) is 3.30. The molecule has 0 bridgehead atoms. The van der Waals surface area contributed by atoms with Gasteiger partial charge in [-0.15, -0.1) is 0 Å². The summed E-state index contributed by atoms with van der Waals surface area (Å²) in [6, 6.07) is 5.12. The van der Waals surface area contributed by atoms with Gasteiger partial charge in [-0.1, -0.05) is 11.6 Å². The highest BCUT2D eigenvalue weighted by Crippen LogP contribution is 2.31. The molecule has 2 amide bonds. The molecular weight excluding hydrogens is 280 g/mol. The number of nitrogens with zero attached hydrogens (tertiary/aromatic N) is 1. The number of rotatable bonds is 4. The topological polar surface area (TPSA) is 58.6 Å². The number of hydrogen-bond donors (Lipinski definition) is 1. The van der Waals surface area contributed by atoms with E-state index in [1.54, 1.807) is 30.0 Å². The standard InChI is InChI=1S/C14H17ClN2O3/c1-9(20-2)14(19)16-10-5-6-12(11(15)8-10)17-7-3-4-13(17)18/h5-6,8-9H,3-4,7H2,1-2H3,(H,16,19). The van der Waals surface area contributed by atoms with Crippen molar-refractivity contribution in [1.82, 2.24) is 0 Å². The number of hydrogen-bond acceptors (Lipinski definition) is 3. The quantitative estimate of drug-likeness (QED) is 0.928. The van der Waals surface area contributed by atoms with Crippen LogP contribution in [0.25, 0.3) is 0 Å². The summed E-state index contributed by atoms with van der Waals surface area (Å²) < 4.78 is 4.94. The molecule has 1 aliphatic rings. The van der Waals surface area contributed by atoms with Gasteiger partial charge in [0.25, 0.3) is 5.91 Å². The molecule has 1 unspecified atom stereocenters. The van der Waals surface area contributed by atoms with Crippen molar-refractivity contribution >= 4 is 34.8 Å². The van der Waals surface area contributed by atoms with Crippen LogP contribution < -0.4 is 10.2 Å². The average molecular weight is 297 g/mol. The van der Waals surface area contributed by atoms with Gasteiger partial charge >= 0.3 is 0 Å². The predicted octanol–water partition coefficient (Wildman–Crippen LogP) is 2.44. The molecular formula is C14H17ClN2O3. The van der Waals surface area contributed by atoms with E-state index in [1.165, 1.54) is 7.11 Å². The summed E-state index contributed by atoms with van der Waals surface area (Å²) in [5.74, 6) is -0.162. The van der Waals surface area contributed by atoms with Crippen LogP contribution >= 0.6 is 11.6 Å². The fourth-order valence-corrected chi connectivity index (χ4v) is 2.34. The van der Waals surface area contributed by atoms with Gasteiger partial charge in [-0.2, -0.15) is 0 Å². The van der Waals surface area contributed by atoms with E-state index in [0.29, 0.717) is 29.4 Å². The molecule has 1 atom stereocenters. The Labute approximate surface area is 122 Å². The largest absolute Gasteiger partial charge is 0.372 e. The number of ether oxygens (including phenoxy) is 1. The van der Waals surface area contributed by atoms with E-state index in [2.05, 4.69) is 5.32 Å². The van der Waals surface area contributed by atoms with Gasteiger partial charge in [0, 0.05) is 25.8 Å². The lowest BCUT2D eigenvalue weighted by atomic mass is 10.2. The maximum absolute atomic E-state index is 11.7. The second kappa shape index (κ2) is 6.24. The Morgan fingerprint density at radius 2 is 2.25 bits per heavy atom. The minimum absolute atomic E-state index is 0.0803. The summed E-state index contributed by atoms with van der Waals surface area (Å²) in [6.07, 6.45) is 0.868. The third kappa shape index (κ3) is 3.11. The molecule has 20 heavy (non-hydrogen) atoms. The van der Waals surface area contributed by atoms with Crippen LogP contribution in [0.1, 0.15) is 19.8 Å². The number of amides is 2. The van der Waals surface area contributed by atoms with E-state index >= 15 is 0 Å². The fourth-order valence-electron chi connectivity index (χ4n) is 2.06. The average Bonchev–Trinajstić information content (AvgIpc) is 2.84. The molecule has 0 aliphatic carbocycles. The summed E-state index contributed by atoms with van der Waals surface area (Å²) in [4.78, 5) is 25.1. The molecule has 5 nitrogen and oxygen atoms in total. The molecule has 2 rings (SSSR count). The van der Waals surface area contributed by atoms with Gasteiger partial charge < -0.3 is 15.0 Å². The van der Waals surface area contributed by atoms with Gasteiger partial charge in [-0.25, -0.2) is 0 Å². The maximum atomic E-state index is 11.7. The third-order valence-corrected chi connectivity index (χ3v) is 3.60. The van der Waals surface area contributed by atoms with Crippen molar-refractivity contribution in [2.24, 2.45) is 0 Å². The molecule has 0 saturated carbocycles. The highest BCUT2D eigenvalue weighted by molar-refractivity contribution is 6.34. The molecule has 0 radical (unpaired) electrons. The Bertz CT molecular complexity index is 533. The molecule has 1 fully saturated rings. The first-order valence-electron chi connectivity index (χ1n) is 6.46. The van der Waals surface area contributed by atoms with Crippen molar-refractivity contribution in [2.45, 2.75) is 25.9 Å². The van der Waals surface area contributed by atoms with E-state index < -0.39 is 6.10 Å². The van der Waals surface area contributed by atoms with E-state index in [1.807, 2.05) is 0 Å². The minimum atomic E-state index is -0.534. The van der Waals surface area contributed by atoms with E-state index in [4.69, 9.17) is 16.3 Å². The Morgan fingerprint density at radius 1 is 1.50 bits per heavy atom. The van der Waals surface area contributed by atoms with Crippen molar-refractivity contribution in [2.75, 3.05) is 23.9 Å². The minimum Gasteiger partial charge on any atom is -0.372 e. The summed E-state index contributed by atoms with van der Waals surface area (Å²) in [7, 11) is 1.47. The van der Waals surface area contributed by atoms with Crippen LogP contribution in [0, 0.1) is 0 Å². The monoisotopic (exact) mass is 296 g/mol. The lowest BCUT2D eigenvalue weighted by molar-refractivity contribution is -0.124. The Morgan fingerprint density at radius 3 is 2.80 bits per heavy atom. The predicted molar refractivity (Wildman–Crippen MR) is 78.1 cm³/mol. The molecule has 1 N–H and O–H groups in total. The van der Waals surface area contributed by atoms with E-state index in [-0.39, 0.29) is 11.8 Å². The Balaban J connectivity index is 2.13.